The Morgan fingerprint density at radius 3 is 2.40 bits per heavy atom. The SMILES string of the molecule is CCCNC(Cc1cc(C)cc(C)c1)c1ccc(Cl)o1. The third kappa shape index (κ3) is 4.12. The number of benzene rings is 1. The Morgan fingerprint density at radius 2 is 1.85 bits per heavy atom. The number of halogens is 1. The molecule has 0 saturated heterocycles. The van der Waals surface area contributed by atoms with Gasteiger partial charge in [0.1, 0.15) is 5.76 Å². The fourth-order valence-corrected chi connectivity index (χ4v) is 2.68. The van der Waals surface area contributed by atoms with Gasteiger partial charge < -0.3 is 9.73 Å². The second kappa shape index (κ2) is 6.96. The maximum absolute atomic E-state index is 5.90. The van der Waals surface area contributed by atoms with Crippen molar-refractivity contribution in [2.45, 2.75) is 39.7 Å². The van der Waals surface area contributed by atoms with Gasteiger partial charge in [0.15, 0.2) is 5.22 Å². The van der Waals surface area contributed by atoms with Crippen molar-refractivity contribution in [3.8, 4) is 0 Å². The molecule has 0 aliphatic carbocycles. The number of nitrogens with one attached hydrogen (secondary N) is 1. The van der Waals surface area contributed by atoms with Crippen molar-refractivity contribution in [2.75, 3.05) is 6.54 Å². The molecule has 1 unspecified atom stereocenters. The van der Waals surface area contributed by atoms with Crippen LogP contribution in [0.2, 0.25) is 5.22 Å². The van der Waals surface area contributed by atoms with Gasteiger partial charge in [-0.25, -0.2) is 0 Å². The quantitative estimate of drug-likeness (QED) is 0.824. The molecule has 1 heterocycles. The molecule has 20 heavy (non-hydrogen) atoms. The van der Waals surface area contributed by atoms with Crippen LogP contribution in [0.1, 0.15) is 41.8 Å². The van der Waals surface area contributed by atoms with Gasteiger partial charge in [0.25, 0.3) is 0 Å². The van der Waals surface area contributed by atoms with Crippen LogP contribution < -0.4 is 5.32 Å². The minimum Gasteiger partial charge on any atom is -0.448 e. The first-order valence-electron chi connectivity index (χ1n) is 7.14. The van der Waals surface area contributed by atoms with E-state index in [0.29, 0.717) is 5.22 Å². The number of aryl methyl sites for hydroxylation is 2. The Hall–Kier alpha value is -1.25. The third-order valence-electron chi connectivity index (χ3n) is 3.30. The smallest absolute Gasteiger partial charge is 0.193 e. The van der Waals surface area contributed by atoms with E-state index >= 15 is 0 Å². The van der Waals surface area contributed by atoms with Gasteiger partial charge in [-0.15, -0.1) is 0 Å². The fraction of sp³-hybridized carbons (Fsp3) is 0.412. The van der Waals surface area contributed by atoms with Crippen molar-refractivity contribution in [3.63, 3.8) is 0 Å². The predicted molar refractivity (Wildman–Crippen MR) is 84.4 cm³/mol. The highest BCUT2D eigenvalue weighted by Gasteiger charge is 2.15. The van der Waals surface area contributed by atoms with Crippen molar-refractivity contribution >= 4 is 11.6 Å². The highest BCUT2D eigenvalue weighted by molar-refractivity contribution is 6.28. The first-order chi connectivity index (χ1) is 9.58. The van der Waals surface area contributed by atoms with E-state index in [0.717, 1.165) is 25.1 Å². The lowest BCUT2D eigenvalue weighted by Crippen LogP contribution is -2.23. The van der Waals surface area contributed by atoms with Crippen LogP contribution in [-0.2, 0) is 6.42 Å². The lowest BCUT2D eigenvalue weighted by molar-refractivity contribution is 0.411. The maximum Gasteiger partial charge on any atom is 0.193 e. The molecule has 0 fully saturated rings. The van der Waals surface area contributed by atoms with Gasteiger partial charge in [-0.2, -0.15) is 0 Å². The number of hydrogen-bond acceptors (Lipinski definition) is 2. The summed E-state index contributed by atoms with van der Waals surface area (Å²) in [4.78, 5) is 0. The van der Waals surface area contributed by atoms with E-state index in [1.54, 1.807) is 6.07 Å². The van der Waals surface area contributed by atoms with Crippen LogP contribution in [0.4, 0.5) is 0 Å². The molecule has 2 nitrogen and oxygen atoms in total. The molecular weight excluding hydrogens is 270 g/mol. The van der Waals surface area contributed by atoms with E-state index in [-0.39, 0.29) is 6.04 Å². The van der Waals surface area contributed by atoms with Crippen LogP contribution in [0, 0.1) is 13.8 Å². The van der Waals surface area contributed by atoms with Crippen LogP contribution in [0.25, 0.3) is 0 Å². The van der Waals surface area contributed by atoms with Crippen LogP contribution >= 0.6 is 11.6 Å². The van der Waals surface area contributed by atoms with Crippen LogP contribution in [0.15, 0.2) is 34.7 Å². The molecule has 0 bridgehead atoms. The van der Waals surface area contributed by atoms with Crippen LogP contribution in [0.3, 0.4) is 0 Å². The Bertz CT molecular complexity index is 542. The van der Waals surface area contributed by atoms with Gasteiger partial charge in [0, 0.05) is 0 Å². The third-order valence-corrected chi connectivity index (χ3v) is 3.50. The van der Waals surface area contributed by atoms with Gasteiger partial charge in [0.05, 0.1) is 6.04 Å². The summed E-state index contributed by atoms with van der Waals surface area (Å²) in [5.74, 6) is 0.905. The molecular formula is C17H22ClNO. The van der Waals surface area contributed by atoms with E-state index in [9.17, 15) is 0 Å². The molecule has 3 heteroatoms. The van der Waals surface area contributed by atoms with Gasteiger partial charge in [-0.05, 0) is 62.5 Å². The Balaban J connectivity index is 2.18. The van der Waals surface area contributed by atoms with E-state index < -0.39 is 0 Å². The number of furan rings is 1. The second-order valence-electron chi connectivity index (χ2n) is 5.35. The van der Waals surface area contributed by atoms with Crippen molar-refractivity contribution < 1.29 is 4.42 Å². The molecule has 1 atom stereocenters. The number of hydrogen-bond donors (Lipinski definition) is 1. The van der Waals surface area contributed by atoms with Crippen LogP contribution in [-0.4, -0.2) is 6.54 Å². The molecule has 1 aromatic heterocycles. The molecule has 0 aliphatic rings. The van der Waals surface area contributed by atoms with E-state index in [4.69, 9.17) is 16.0 Å². The standard InChI is InChI=1S/C17H22ClNO/c1-4-7-19-15(16-5-6-17(18)20-16)11-14-9-12(2)8-13(3)10-14/h5-6,8-10,15,19H,4,7,11H2,1-3H3. The summed E-state index contributed by atoms with van der Waals surface area (Å²) < 4.78 is 5.58. The van der Waals surface area contributed by atoms with E-state index in [2.05, 4.69) is 44.3 Å². The second-order valence-corrected chi connectivity index (χ2v) is 5.72. The van der Waals surface area contributed by atoms with Gasteiger partial charge >= 0.3 is 0 Å². The lowest BCUT2D eigenvalue weighted by atomic mass is 10.00. The van der Waals surface area contributed by atoms with E-state index in [1.807, 2.05) is 6.07 Å². The largest absolute Gasteiger partial charge is 0.448 e. The summed E-state index contributed by atoms with van der Waals surface area (Å²) >= 11 is 5.90. The average molecular weight is 292 g/mol. The number of rotatable bonds is 6. The normalized spacial score (nSPS) is 12.6. The van der Waals surface area contributed by atoms with Gasteiger partial charge in [-0.1, -0.05) is 36.2 Å². The summed E-state index contributed by atoms with van der Waals surface area (Å²) in [6.07, 6.45) is 2.00. The minimum atomic E-state index is 0.170. The van der Waals surface area contributed by atoms with Crippen molar-refractivity contribution in [1.29, 1.82) is 0 Å². The highest BCUT2D eigenvalue weighted by Crippen LogP contribution is 2.24. The first-order valence-corrected chi connectivity index (χ1v) is 7.52. The topological polar surface area (TPSA) is 25.2 Å². The molecule has 0 spiro atoms. The predicted octanol–water partition coefficient (Wildman–Crippen LogP) is 4.83. The molecule has 0 saturated carbocycles. The summed E-state index contributed by atoms with van der Waals surface area (Å²) in [5, 5.41) is 3.98. The zero-order chi connectivity index (χ0) is 14.5. The van der Waals surface area contributed by atoms with Crippen molar-refractivity contribution in [1.82, 2.24) is 5.32 Å². The molecule has 1 N–H and O–H groups in total. The lowest BCUT2D eigenvalue weighted by Gasteiger charge is -2.17. The Kier molecular flexibility index (Phi) is 5.27. The van der Waals surface area contributed by atoms with Gasteiger partial charge in [0.2, 0.25) is 0 Å². The zero-order valence-corrected chi connectivity index (χ0v) is 13.1. The highest BCUT2D eigenvalue weighted by atomic mass is 35.5. The zero-order valence-electron chi connectivity index (χ0n) is 12.4. The molecule has 1 aromatic carbocycles. The molecule has 2 rings (SSSR count). The summed E-state index contributed by atoms with van der Waals surface area (Å²) in [6, 6.07) is 10.6. The molecule has 0 radical (unpaired) electrons. The minimum absolute atomic E-state index is 0.170. The maximum atomic E-state index is 5.90. The van der Waals surface area contributed by atoms with Crippen molar-refractivity contribution in [2.24, 2.45) is 0 Å². The summed E-state index contributed by atoms with van der Waals surface area (Å²) in [5.41, 5.74) is 3.92. The molecule has 0 aliphatic heterocycles. The van der Waals surface area contributed by atoms with Crippen LogP contribution in [0.5, 0.6) is 0 Å². The molecule has 108 valence electrons. The summed E-state index contributed by atoms with van der Waals surface area (Å²) in [7, 11) is 0. The first kappa shape index (κ1) is 15.1. The van der Waals surface area contributed by atoms with Crippen molar-refractivity contribution in [3.05, 3.63) is 58.0 Å². The Morgan fingerprint density at radius 1 is 1.15 bits per heavy atom. The fourth-order valence-electron chi connectivity index (χ4n) is 2.53. The Labute approximate surface area is 126 Å². The summed E-state index contributed by atoms with van der Waals surface area (Å²) in [6.45, 7) is 7.40. The van der Waals surface area contributed by atoms with E-state index in [1.165, 1.54) is 16.7 Å². The molecule has 2 aromatic rings. The molecule has 0 amide bonds. The average Bonchev–Trinajstić information content (AvgIpc) is 2.80. The monoisotopic (exact) mass is 291 g/mol. The van der Waals surface area contributed by atoms with Gasteiger partial charge in [-0.3, -0.25) is 0 Å².